The number of hydrogen-bond acceptors (Lipinski definition) is 4. The molecule has 1 amide bonds. The molecular weight excluding hydrogens is 374 g/mol. The number of benzene rings is 2. The van der Waals surface area contributed by atoms with E-state index in [2.05, 4.69) is 33.0 Å². The molecule has 0 bridgehead atoms. The smallest absolute Gasteiger partial charge is 0.224 e. The summed E-state index contributed by atoms with van der Waals surface area (Å²) in [4.78, 5) is 12.5. The van der Waals surface area contributed by atoms with E-state index >= 15 is 0 Å². The van der Waals surface area contributed by atoms with Crippen LogP contribution in [0, 0.1) is 0 Å². The molecule has 0 atom stereocenters. The highest BCUT2D eigenvalue weighted by Crippen LogP contribution is 2.40. The van der Waals surface area contributed by atoms with E-state index in [4.69, 9.17) is 11.6 Å². The highest BCUT2D eigenvalue weighted by molar-refractivity contribution is 6.30. The Morgan fingerprint density at radius 2 is 1.79 bits per heavy atom. The molecule has 1 aromatic heterocycles. The first-order valence-corrected chi connectivity index (χ1v) is 9.88. The lowest BCUT2D eigenvalue weighted by Gasteiger charge is -2.30. The van der Waals surface area contributed by atoms with Crippen molar-refractivity contribution in [3.8, 4) is 5.69 Å². The molecule has 1 fully saturated rings. The van der Waals surface area contributed by atoms with E-state index in [9.17, 15) is 4.79 Å². The predicted octanol–water partition coefficient (Wildman–Crippen LogP) is 3.49. The van der Waals surface area contributed by atoms with Crippen LogP contribution in [0.5, 0.6) is 0 Å². The summed E-state index contributed by atoms with van der Waals surface area (Å²) in [6.07, 6.45) is 6.46. The van der Waals surface area contributed by atoms with E-state index in [-0.39, 0.29) is 11.3 Å². The van der Waals surface area contributed by atoms with Gasteiger partial charge < -0.3 is 5.32 Å². The second-order valence-electron chi connectivity index (χ2n) is 7.37. The zero-order chi connectivity index (χ0) is 19.4. The average Bonchev–Trinajstić information content (AvgIpc) is 3.41. The van der Waals surface area contributed by atoms with E-state index in [0.717, 1.165) is 29.1 Å². The topological polar surface area (TPSA) is 72.7 Å². The minimum atomic E-state index is 0.0181. The van der Waals surface area contributed by atoms with Crippen molar-refractivity contribution in [3.63, 3.8) is 0 Å². The van der Waals surface area contributed by atoms with Crippen molar-refractivity contribution < 1.29 is 4.79 Å². The molecule has 0 spiro atoms. The first-order valence-electron chi connectivity index (χ1n) is 9.50. The van der Waals surface area contributed by atoms with Crippen LogP contribution in [0.3, 0.4) is 0 Å². The van der Waals surface area contributed by atoms with Gasteiger partial charge in [-0.05, 0) is 58.7 Å². The first-order chi connectivity index (χ1) is 13.6. The van der Waals surface area contributed by atoms with Crippen LogP contribution in [-0.2, 0) is 16.6 Å². The van der Waals surface area contributed by atoms with Gasteiger partial charge in [0.05, 0.1) is 12.1 Å². The van der Waals surface area contributed by atoms with Crippen LogP contribution in [0.1, 0.15) is 36.8 Å². The number of nitrogens with zero attached hydrogens (tertiary/aromatic N) is 4. The summed E-state index contributed by atoms with van der Waals surface area (Å²) in [5.74, 6) is 0.0374. The van der Waals surface area contributed by atoms with E-state index in [0.29, 0.717) is 13.0 Å². The van der Waals surface area contributed by atoms with Gasteiger partial charge in [0.15, 0.2) is 0 Å². The number of nitrogens with one attached hydrogen (secondary N) is 1. The molecule has 3 aromatic rings. The number of carbonyl (C=O) groups excluding carboxylic acids is 1. The summed E-state index contributed by atoms with van der Waals surface area (Å²) in [7, 11) is 0. The zero-order valence-electron chi connectivity index (χ0n) is 15.5. The third kappa shape index (κ3) is 4.07. The third-order valence-electron chi connectivity index (χ3n) is 5.56. The largest absolute Gasteiger partial charge is 0.355 e. The van der Waals surface area contributed by atoms with Crippen LogP contribution in [0.2, 0.25) is 5.02 Å². The van der Waals surface area contributed by atoms with Gasteiger partial charge in [-0.15, -0.1) is 5.10 Å². The number of carbonyl (C=O) groups is 1. The van der Waals surface area contributed by atoms with Crippen molar-refractivity contribution in [2.24, 2.45) is 0 Å². The fraction of sp³-hybridized carbons (Fsp3) is 0.333. The molecule has 7 heteroatoms. The molecule has 1 N–H and O–H groups in total. The maximum atomic E-state index is 12.5. The lowest BCUT2D eigenvalue weighted by atomic mass is 9.79. The molecule has 28 heavy (non-hydrogen) atoms. The maximum absolute atomic E-state index is 12.5. The molecule has 1 aliphatic rings. The lowest BCUT2D eigenvalue weighted by Crippen LogP contribution is -2.39. The van der Waals surface area contributed by atoms with Crippen molar-refractivity contribution in [2.75, 3.05) is 6.54 Å². The van der Waals surface area contributed by atoms with Gasteiger partial charge >= 0.3 is 0 Å². The quantitative estimate of drug-likeness (QED) is 0.693. The average molecular weight is 396 g/mol. The van der Waals surface area contributed by atoms with Crippen molar-refractivity contribution in [1.29, 1.82) is 0 Å². The highest BCUT2D eigenvalue weighted by atomic mass is 35.5. The molecule has 1 heterocycles. The first kappa shape index (κ1) is 18.6. The van der Waals surface area contributed by atoms with Crippen LogP contribution in [-0.4, -0.2) is 32.7 Å². The Morgan fingerprint density at radius 1 is 1.07 bits per heavy atom. The van der Waals surface area contributed by atoms with Gasteiger partial charge in [-0.25, -0.2) is 4.68 Å². The Kier molecular flexibility index (Phi) is 5.39. The molecule has 1 saturated carbocycles. The number of aromatic nitrogens is 4. The molecule has 4 rings (SSSR count). The van der Waals surface area contributed by atoms with E-state index in [1.54, 1.807) is 11.0 Å². The number of rotatable bonds is 6. The third-order valence-corrected chi connectivity index (χ3v) is 5.81. The molecule has 0 radical (unpaired) electrons. The Bertz CT molecular complexity index is 916. The van der Waals surface area contributed by atoms with Gasteiger partial charge in [0.1, 0.15) is 6.33 Å². The Morgan fingerprint density at radius 3 is 2.43 bits per heavy atom. The maximum Gasteiger partial charge on any atom is 0.224 e. The summed E-state index contributed by atoms with van der Waals surface area (Å²) in [5, 5.41) is 15.0. The van der Waals surface area contributed by atoms with Crippen molar-refractivity contribution in [1.82, 2.24) is 25.5 Å². The Hall–Kier alpha value is -2.73. The second kappa shape index (κ2) is 8.10. The van der Waals surface area contributed by atoms with Crippen LogP contribution in [0.15, 0.2) is 54.9 Å². The molecule has 2 aromatic carbocycles. The zero-order valence-corrected chi connectivity index (χ0v) is 16.3. The van der Waals surface area contributed by atoms with Gasteiger partial charge in [-0.1, -0.05) is 48.7 Å². The van der Waals surface area contributed by atoms with Gasteiger partial charge in [0.25, 0.3) is 0 Å². The predicted molar refractivity (Wildman–Crippen MR) is 107 cm³/mol. The van der Waals surface area contributed by atoms with E-state index < -0.39 is 0 Å². The Balaban J connectivity index is 1.38. The standard InChI is InChI=1S/C21H22ClN5O/c22-18-7-5-17(6-8-18)21(11-1-2-12-21)14-23-20(28)13-16-3-9-19(10-4-16)27-15-24-25-26-27/h3-10,15H,1-2,11-14H2,(H,23,28). The number of halogens is 1. The van der Waals surface area contributed by atoms with Gasteiger partial charge in [0, 0.05) is 17.0 Å². The van der Waals surface area contributed by atoms with Crippen molar-refractivity contribution in [2.45, 2.75) is 37.5 Å². The number of amides is 1. The minimum absolute atomic E-state index is 0.0181. The lowest BCUT2D eigenvalue weighted by molar-refractivity contribution is -0.120. The van der Waals surface area contributed by atoms with Crippen LogP contribution < -0.4 is 5.32 Å². The molecule has 0 unspecified atom stereocenters. The summed E-state index contributed by atoms with van der Waals surface area (Å²) in [6.45, 7) is 0.663. The summed E-state index contributed by atoms with van der Waals surface area (Å²) < 4.78 is 1.58. The molecule has 0 aliphatic heterocycles. The van der Waals surface area contributed by atoms with E-state index in [1.165, 1.54) is 18.4 Å². The molecule has 144 valence electrons. The number of hydrogen-bond donors (Lipinski definition) is 1. The molecule has 6 nitrogen and oxygen atoms in total. The fourth-order valence-corrected chi connectivity index (χ4v) is 4.11. The summed E-state index contributed by atoms with van der Waals surface area (Å²) >= 11 is 6.04. The summed E-state index contributed by atoms with van der Waals surface area (Å²) in [5.41, 5.74) is 3.10. The highest BCUT2D eigenvalue weighted by Gasteiger charge is 2.35. The molecule has 0 saturated heterocycles. The van der Waals surface area contributed by atoms with Crippen LogP contribution in [0.4, 0.5) is 0 Å². The monoisotopic (exact) mass is 395 g/mol. The van der Waals surface area contributed by atoms with Gasteiger partial charge in [-0.3, -0.25) is 4.79 Å². The van der Waals surface area contributed by atoms with Gasteiger partial charge in [0.2, 0.25) is 5.91 Å². The minimum Gasteiger partial charge on any atom is -0.355 e. The normalized spacial score (nSPS) is 15.5. The van der Waals surface area contributed by atoms with Crippen molar-refractivity contribution >= 4 is 17.5 Å². The van der Waals surface area contributed by atoms with Crippen molar-refractivity contribution in [3.05, 3.63) is 71.0 Å². The Labute approximate surface area is 168 Å². The second-order valence-corrected chi connectivity index (χ2v) is 7.81. The van der Waals surface area contributed by atoms with E-state index in [1.807, 2.05) is 36.4 Å². The van der Waals surface area contributed by atoms with Crippen LogP contribution >= 0.6 is 11.6 Å². The van der Waals surface area contributed by atoms with Crippen LogP contribution in [0.25, 0.3) is 5.69 Å². The summed E-state index contributed by atoms with van der Waals surface area (Å²) in [6, 6.07) is 15.7. The molecule has 1 aliphatic carbocycles. The SMILES string of the molecule is O=C(Cc1ccc(-n2cnnn2)cc1)NCC1(c2ccc(Cl)cc2)CCCC1. The molecular formula is C21H22ClN5O. The fourth-order valence-electron chi connectivity index (χ4n) is 3.98. The van der Waals surface area contributed by atoms with Gasteiger partial charge in [-0.2, -0.15) is 0 Å². The number of tetrazole rings is 1.